The van der Waals surface area contributed by atoms with Crippen LogP contribution in [0.4, 0.5) is 0 Å². The lowest BCUT2D eigenvalue weighted by atomic mass is 10.0. The van der Waals surface area contributed by atoms with Gasteiger partial charge in [0.15, 0.2) is 11.5 Å². The maximum Gasteiger partial charge on any atom is 0.203 e. The average Bonchev–Trinajstić information content (AvgIpc) is 2.83. The number of rotatable bonds is 5. The van der Waals surface area contributed by atoms with Gasteiger partial charge in [0, 0.05) is 15.3 Å². The minimum absolute atomic E-state index is 0.488. The summed E-state index contributed by atoms with van der Waals surface area (Å²) in [6, 6.07) is 5.64. The molecule has 0 aliphatic heterocycles. The number of ether oxygens (including phenoxy) is 3. The van der Waals surface area contributed by atoms with Crippen molar-refractivity contribution in [3.05, 3.63) is 39.1 Å². The molecule has 2 rings (SSSR count). The molecule has 114 valence electrons. The molecule has 0 radical (unpaired) electrons. The molecule has 1 atom stereocenters. The van der Waals surface area contributed by atoms with E-state index in [-0.39, 0.29) is 0 Å². The van der Waals surface area contributed by atoms with E-state index in [1.165, 1.54) is 4.88 Å². The molecule has 0 saturated carbocycles. The lowest BCUT2D eigenvalue weighted by molar-refractivity contribution is 0.215. The fourth-order valence-electron chi connectivity index (χ4n) is 2.41. The smallest absolute Gasteiger partial charge is 0.203 e. The third-order valence-corrected chi connectivity index (χ3v) is 4.56. The summed E-state index contributed by atoms with van der Waals surface area (Å²) < 4.78 is 16.1. The van der Waals surface area contributed by atoms with Gasteiger partial charge >= 0.3 is 0 Å². The van der Waals surface area contributed by atoms with Crippen LogP contribution >= 0.6 is 11.3 Å². The number of benzene rings is 1. The highest BCUT2D eigenvalue weighted by Gasteiger charge is 2.24. The molecule has 21 heavy (non-hydrogen) atoms. The van der Waals surface area contributed by atoms with Crippen LogP contribution in [0.1, 0.15) is 27.0 Å². The van der Waals surface area contributed by atoms with Crippen LogP contribution in [0.3, 0.4) is 0 Å². The Kier molecular flexibility index (Phi) is 4.75. The standard InChI is InChI=1S/C16H20O4S/c1-9-8-10(2)21-16(9)13(17)11-6-7-12(18-3)15(20-5)14(11)19-4/h6-8,13,17H,1-5H3. The van der Waals surface area contributed by atoms with Gasteiger partial charge in [-0.25, -0.2) is 0 Å². The molecule has 0 saturated heterocycles. The summed E-state index contributed by atoms with van der Waals surface area (Å²) in [4.78, 5) is 2.08. The SMILES string of the molecule is COc1ccc(C(O)c2sc(C)cc2C)c(OC)c1OC. The Labute approximate surface area is 128 Å². The highest BCUT2D eigenvalue weighted by atomic mass is 32.1. The van der Waals surface area contributed by atoms with Gasteiger partial charge in [0.1, 0.15) is 6.10 Å². The first-order chi connectivity index (χ1) is 10.0. The van der Waals surface area contributed by atoms with Gasteiger partial charge in [-0.05, 0) is 37.6 Å². The first kappa shape index (κ1) is 15.7. The van der Waals surface area contributed by atoms with E-state index in [0.29, 0.717) is 22.8 Å². The molecule has 1 unspecified atom stereocenters. The zero-order valence-corrected chi connectivity index (χ0v) is 13.7. The van der Waals surface area contributed by atoms with Gasteiger partial charge in [0.05, 0.1) is 21.3 Å². The molecule has 1 N–H and O–H groups in total. The van der Waals surface area contributed by atoms with Crippen molar-refractivity contribution in [1.82, 2.24) is 0 Å². The van der Waals surface area contributed by atoms with Crippen LogP contribution in [0.25, 0.3) is 0 Å². The van der Waals surface area contributed by atoms with Crippen molar-refractivity contribution in [3.63, 3.8) is 0 Å². The van der Waals surface area contributed by atoms with Crippen LogP contribution in [0, 0.1) is 13.8 Å². The zero-order chi connectivity index (χ0) is 15.6. The molecule has 1 aromatic heterocycles. The summed E-state index contributed by atoms with van der Waals surface area (Å²) >= 11 is 1.58. The summed E-state index contributed by atoms with van der Waals surface area (Å²) in [5, 5.41) is 10.7. The van der Waals surface area contributed by atoms with E-state index >= 15 is 0 Å². The predicted octanol–water partition coefficient (Wildman–Crippen LogP) is 3.47. The van der Waals surface area contributed by atoms with E-state index in [9.17, 15) is 5.11 Å². The van der Waals surface area contributed by atoms with E-state index in [4.69, 9.17) is 14.2 Å². The van der Waals surface area contributed by atoms with Crippen LogP contribution in [0.2, 0.25) is 0 Å². The maximum atomic E-state index is 10.7. The van der Waals surface area contributed by atoms with Crippen molar-refractivity contribution < 1.29 is 19.3 Å². The Morgan fingerprint density at radius 2 is 1.67 bits per heavy atom. The normalized spacial score (nSPS) is 12.1. The summed E-state index contributed by atoms with van der Waals surface area (Å²) in [7, 11) is 4.68. The fraction of sp³-hybridized carbons (Fsp3) is 0.375. The molecule has 2 aromatic rings. The largest absolute Gasteiger partial charge is 0.493 e. The highest BCUT2D eigenvalue weighted by molar-refractivity contribution is 7.12. The zero-order valence-electron chi connectivity index (χ0n) is 12.9. The molecule has 1 heterocycles. The number of aryl methyl sites for hydroxylation is 2. The number of hydrogen-bond acceptors (Lipinski definition) is 5. The molecule has 0 bridgehead atoms. The average molecular weight is 308 g/mol. The number of thiophene rings is 1. The van der Waals surface area contributed by atoms with Crippen molar-refractivity contribution in [1.29, 1.82) is 0 Å². The second kappa shape index (κ2) is 6.37. The van der Waals surface area contributed by atoms with Gasteiger partial charge in [-0.15, -0.1) is 11.3 Å². The van der Waals surface area contributed by atoms with Crippen molar-refractivity contribution in [2.24, 2.45) is 0 Å². The van der Waals surface area contributed by atoms with Crippen molar-refractivity contribution >= 4 is 11.3 Å². The van der Waals surface area contributed by atoms with Gasteiger partial charge in [0.25, 0.3) is 0 Å². The summed E-state index contributed by atoms with van der Waals surface area (Å²) in [6.07, 6.45) is -0.751. The number of hydrogen-bond donors (Lipinski definition) is 1. The quantitative estimate of drug-likeness (QED) is 0.919. The highest BCUT2D eigenvalue weighted by Crippen LogP contribution is 2.44. The molecule has 0 aliphatic carbocycles. The second-order valence-electron chi connectivity index (χ2n) is 4.73. The predicted molar refractivity (Wildman–Crippen MR) is 84.0 cm³/mol. The van der Waals surface area contributed by atoms with Crippen LogP contribution in [0.5, 0.6) is 17.2 Å². The molecular formula is C16H20O4S. The minimum Gasteiger partial charge on any atom is -0.493 e. The van der Waals surface area contributed by atoms with Crippen LogP contribution in [-0.2, 0) is 0 Å². The molecule has 0 fully saturated rings. The van der Waals surface area contributed by atoms with Crippen molar-refractivity contribution in [2.45, 2.75) is 20.0 Å². The minimum atomic E-state index is -0.751. The Bertz CT molecular complexity index is 633. The number of aliphatic hydroxyl groups is 1. The molecular weight excluding hydrogens is 288 g/mol. The van der Waals surface area contributed by atoms with Gasteiger partial charge in [-0.2, -0.15) is 0 Å². The molecule has 0 aliphatic rings. The monoisotopic (exact) mass is 308 g/mol. The van der Waals surface area contributed by atoms with E-state index in [1.807, 2.05) is 13.8 Å². The van der Waals surface area contributed by atoms with E-state index in [1.54, 1.807) is 44.8 Å². The molecule has 5 heteroatoms. The summed E-state index contributed by atoms with van der Waals surface area (Å²) in [5.74, 6) is 1.56. The second-order valence-corrected chi connectivity index (χ2v) is 6.02. The first-order valence-corrected chi connectivity index (χ1v) is 7.39. The van der Waals surface area contributed by atoms with Crippen molar-refractivity contribution in [3.8, 4) is 17.2 Å². The fourth-order valence-corrected chi connectivity index (χ4v) is 3.45. The van der Waals surface area contributed by atoms with Gasteiger partial charge in [-0.1, -0.05) is 0 Å². The Hall–Kier alpha value is -1.72. The van der Waals surface area contributed by atoms with Gasteiger partial charge in [-0.3, -0.25) is 0 Å². The van der Waals surface area contributed by atoms with Gasteiger partial charge in [0.2, 0.25) is 5.75 Å². The summed E-state index contributed by atoms with van der Waals surface area (Å²) in [5.41, 5.74) is 1.74. The Balaban J connectivity index is 2.55. The van der Waals surface area contributed by atoms with Crippen molar-refractivity contribution in [2.75, 3.05) is 21.3 Å². The lowest BCUT2D eigenvalue weighted by Crippen LogP contribution is -2.04. The van der Waals surface area contributed by atoms with E-state index in [0.717, 1.165) is 10.4 Å². The number of aliphatic hydroxyl groups excluding tert-OH is 1. The Morgan fingerprint density at radius 1 is 1.00 bits per heavy atom. The summed E-state index contributed by atoms with van der Waals surface area (Å²) in [6.45, 7) is 4.02. The lowest BCUT2D eigenvalue weighted by Gasteiger charge is -2.19. The third kappa shape index (κ3) is 2.84. The Morgan fingerprint density at radius 3 is 2.14 bits per heavy atom. The topological polar surface area (TPSA) is 47.9 Å². The first-order valence-electron chi connectivity index (χ1n) is 6.57. The molecule has 4 nitrogen and oxygen atoms in total. The van der Waals surface area contributed by atoms with E-state index in [2.05, 4.69) is 6.07 Å². The van der Waals surface area contributed by atoms with Gasteiger partial charge < -0.3 is 19.3 Å². The van der Waals surface area contributed by atoms with Crippen LogP contribution < -0.4 is 14.2 Å². The molecule has 0 amide bonds. The number of methoxy groups -OCH3 is 3. The van der Waals surface area contributed by atoms with Crippen LogP contribution in [0.15, 0.2) is 18.2 Å². The van der Waals surface area contributed by atoms with E-state index < -0.39 is 6.10 Å². The van der Waals surface area contributed by atoms with Crippen LogP contribution in [-0.4, -0.2) is 26.4 Å². The third-order valence-electron chi connectivity index (χ3n) is 3.36. The maximum absolute atomic E-state index is 10.7. The molecule has 1 aromatic carbocycles. The molecule has 0 spiro atoms.